The van der Waals surface area contributed by atoms with Crippen molar-refractivity contribution in [3.8, 4) is 0 Å². The fourth-order valence-electron chi connectivity index (χ4n) is 1.67. The van der Waals surface area contributed by atoms with E-state index in [1.54, 1.807) is 30.3 Å². The van der Waals surface area contributed by atoms with Gasteiger partial charge in [-0.1, -0.05) is 0 Å². The molecule has 0 saturated heterocycles. The number of benzene rings is 1. The monoisotopic (exact) mass is 258 g/mol. The molecule has 8 N–H and O–H groups in total. The lowest BCUT2D eigenvalue weighted by atomic mass is 10.0. The highest BCUT2D eigenvalue weighted by atomic mass is 16.3. The standard InChI is InChI=1S/C12H14N6O/c13-9-4-3-7(12(17-15)18-16)6-8(9)11(14)10-2-1-5-19-10/h1-6,14H,13,15-16H2,(H,17,18). The number of furan rings is 1. The molecule has 0 radical (unpaired) electrons. The zero-order valence-electron chi connectivity index (χ0n) is 10.1. The summed E-state index contributed by atoms with van der Waals surface area (Å²) in [7, 11) is 0. The molecule has 0 bridgehead atoms. The molecule has 0 amide bonds. The van der Waals surface area contributed by atoms with Crippen LogP contribution >= 0.6 is 0 Å². The maximum Gasteiger partial charge on any atom is 0.166 e. The summed E-state index contributed by atoms with van der Waals surface area (Å²) in [4.78, 5) is 0. The third kappa shape index (κ3) is 2.40. The number of nitrogens with one attached hydrogen (secondary N) is 2. The molecule has 7 nitrogen and oxygen atoms in total. The summed E-state index contributed by atoms with van der Waals surface area (Å²) in [5.41, 5.74) is 10.0. The topological polar surface area (TPSA) is 139 Å². The smallest absolute Gasteiger partial charge is 0.166 e. The maximum absolute atomic E-state index is 8.08. The average molecular weight is 258 g/mol. The van der Waals surface area contributed by atoms with E-state index in [0.717, 1.165) is 0 Å². The number of rotatable bonds is 3. The fraction of sp³-hybridized carbons (Fsp3) is 0. The second kappa shape index (κ2) is 5.23. The lowest BCUT2D eigenvalue weighted by molar-refractivity contribution is 0.557. The first-order valence-corrected chi connectivity index (χ1v) is 5.44. The van der Waals surface area contributed by atoms with Crippen molar-refractivity contribution < 1.29 is 4.42 Å². The molecule has 0 aliphatic carbocycles. The van der Waals surface area contributed by atoms with E-state index in [0.29, 0.717) is 28.4 Å². The van der Waals surface area contributed by atoms with Crippen LogP contribution in [0.4, 0.5) is 5.69 Å². The second-order valence-electron chi connectivity index (χ2n) is 3.78. The van der Waals surface area contributed by atoms with Crippen LogP contribution in [0.2, 0.25) is 0 Å². The molecule has 1 heterocycles. The predicted octanol–water partition coefficient (Wildman–Crippen LogP) is 0.362. The van der Waals surface area contributed by atoms with Gasteiger partial charge in [-0.05, 0) is 30.3 Å². The van der Waals surface area contributed by atoms with Crippen LogP contribution in [0.1, 0.15) is 16.9 Å². The van der Waals surface area contributed by atoms with Crippen molar-refractivity contribution in [3.63, 3.8) is 0 Å². The van der Waals surface area contributed by atoms with Crippen LogP contribution in [0.5, 0.6) is 0 Å². The fourth-order valence-corrected chi connectivity index (χ4v) is 1.67. The normalized spacial score (nSPS) is 11.3. The highest BCUT2D eigenvalue weighted by Crippen LogP contribution is 2.19. The van der Waals surface area contributed by atoms with Gasteiger partial charge < -0.3 is 21.4 Å². The predicted molar refractivity (Wildman–Crippen MR) is 73.5 cm³/mol. The van der Waals surface area contributed by atoms with Gasteiger partial charge >= 0.3 is 0 Å². The number of hydrogen-bond donors (Lipinski definition) is 5. The SMILES string of the molecule is N=C(c1ccco1)c1cc(/C(=N/N)NN)ccc1N. The van der Waals surface area contributed by atoms with Gasteiger partial charge in [0, 0.05) is 16.8 Å². The average Bonchev–Trinajstić information content (AvgIpc) is 2.95. The molecule has 2 aromatic rings. The van der Waals surface area contributed by atoms with Crippen LogP contribution in [0.25, 0.3) is 0 Å². The van der Waals surface area contributed by atoms with Crippen LogP contribution in [0.15, 0.2) is 46.1 Å². The van der Waals surface area contributed by atoms with Gasteiger partial charge in [0.2, 0.25) is 0 Å². The molecule has 7 heteroatoms. The molecule has 0 spiro atoms. The zero-order valence-corrected chi connectivity index (χ0v) is 10.1. The van der Waals surface area contributed by atoms with Crippen LogP contribution in [-0.2, 0) is 0 Å². The number of hydrazine groups is 1. The van der Waals surface area contributed by atoms with Crippen molar-refractivity contribution in [1.82, 2.24) is 5.43 Å². The first-order valence-electron chi connectivity index (χ1n) is 5.44. The molecular formula is C12H14N6O. The second-order valence-corrected chi connectivity index (χ2v) is 3.78. The van der Waals surface area contributed by atoms with E-state index in [1.165, 1.54) is 6.26 Å². The molecule has 19 heavy (non-hydrogen) atoms. The molecule has 98 valence electrons. The van der Waals surface area contributed by atoms with Gasteiger partial charge in [-0.25, -0.2) is 5.84 Å². The van der Waals surface area contributed by atoms with E-state index in [-0.39, 0.29) is 5.71 Å². The summed E-state index contributed by atoms with van der Waals surface area (Å²) in [5.74, 6) is 11.3. The van der Waals surface area contributed by atoms with Crippen LogP contribution < -0.4 is 22.8 Å². The van der Waals surface area contributed by atoms with E-state index in [2.05, 4.69) is 10.5 Å². The summed E-state index contributed by atoms with van der Waals surface area (Å²) < 4.78 is 5.18. The van der Waals surface area contributed by atoms with Crippen molar-refractivity contribution in [2.75, 3.05) is 5.73 Å². The van der Waals surface area contributed by atoms with Gasteiger partial charge in [-0.15, -0.1) is 0 Å². The Balaban J connectivity index is 2.46. The van der Waals surface area contributed by atoms with E-state index >= 15 is 0 Å². The molecule has 2 rings (SSSR count). The number of nitrogen functional groups attached to an aromatic ring is 1. The molecule has 0 atom stereocenters. The highest BCUT2D eigenvalue weighted by molar-refractivity contribution is 6.13. The molecule has 0 fully saturated rings. The van der Waals surface area contributed by atoms with E-state index in [9.17, 15) is 0 Å². The highest BCUT2D eigenvalue weighted by Gasteiger charge is 2.13. The molecular weight excluding hydrogens is 244 g/mol. The van der Waals surface area contributed by atoms with Gasteiger partial charge in [0.25, 0.3) is 0 Å². The van der Waals surface area contributed by atoms with Crippen LogP contribution in [0, 0.1) is 5.41 Å². The van der Waals surface area contributed by atoms with Gasteiger partial charge in [0.15, 0.2) is 11.6 Å². The number of nitrogens with two attached hydrogens (primary N) is 3. The molecule has 1 aromatic heterocycles. The third-order valence-electron chi connectivity index (χ3n) is 2.63. The van der Waals surface area contributed by atoms with Crippen LogP contribution in [0.3, 0.4) is 0 Å². The van der Waals surface area contributed by atoms with Crippen molar-refractivity contribution in [1.29, 1.82) is 5.41 Å². The van der Waals surface area contributed by atoms with E-state index in [1.807, 2.05) is 0 Å². The Morgan fingerprint density at radius 1 is 1.32 bits per heavy atom. The van der Waals surface area contributed by atoms with Crippen LogP contribution in [-0.4, -0.2) is 11.5 Å². The maximum atomic E-state index is 8.08. The first-order chi connectivity index (χ1) is 9.17. The number of nitrogens with zero attached hydrogens (tertiary/aromatic N) is 1. The summed E-state index contributed by atoms with van der Waals surface area (Å²) in [6, 6.07) is 8.43. The minimum Gasteiger partial charge on any atom is -0.463 e. The molecule has 0 saturated carbocycles. The number of hydrazone groups is 1. The Hall–Kier alpha value is -2.80. The Bertz CT molecular complexity index is 617. The molecule has 0 aliphatic heterocycles. The quantitative estimate of drug-likeness (QED) is 0.178. The third-order valence-corrected chi connectivity index (χ3v) is 2.63. The number of anilines is 1. The van der Waals surface area contributed by atoms with Gasteiger partial charge in [-0.2, -0.15) is 5.10 Å². The molecule has 0 unspecified atom stereocenters. The van der Waals surface area contributed by atoms with Gasteiger partial charge in [-0.3, -0.25) is 5.41 Å². The Morgan fingerprint density at radius 3 is 2.68 bits per heavy atom. The lowest BCUT2D eigenvalue weighted by Crippen LogP contribution is -2.32. The minimum atomic E-state index is 0.178. The Labute approximate surface area is 109 Å². The minimum absolute atomic E-state index is 0.178. The van der Waals surface area contributed by atoms with Crippen molar-refractivity contribution in [3.05, 3.63) is 53.5 Å². The van der Waals surface area contributed by atoms with E-state index < -0.39 is 0 Å². The zero-order chi connectivity index (χ0) is 13.8. The van der Waals surface area contributed by atoms with Gasteiger partial charge in [0.1, 0.15) is 5.71 Å². The summed E-state index contributed by atoms with van der Waals surface area (Å²) in [6.07, 6.45) is 1.50. The summed E-state index contributed by atoms with van der Waals surface area (Å²) in [5, 5.41) is 11.6. The number of hydrogen-bond acceptors (Lipinski definition) is 6. The van der Waals surface area contributed by atoms with Gasteiger partial charge in [0.05, 0.1) is 6.26 Å². The number of amidine groups is 1. The summed E-state index contributed by atoms with van der Waals surface area (Å²) in [6.45, 7) is 0. The van der Waals surface area contributed by atoms with E-state index in [4.69, 9.17) is 27.2 Å². The van der Waals surface area contributed by atoms with Crippen molar-refractivity contribution >= 4 is 17.2 Å². The summed E-state index contributed by atoms with van der Waals surface area (Å²) >= 11 is 0. The molecule has 0 aliphatic rings. The first kappa shape index (κ1) is 12.7. The van der Waals surface area contributed by atoms with Crippen molar-refractivity contribution in [2.45, 2.75) is 0 Å². The Kier molecular flexibility index (Phi) is 3.48. The Morgan fingerprint density at radius 2 is 2.11 bits per heavy atom. The largest absolute Gasteiger partial charge is 0.463 e. The lowest BCUT2D eigenvalue weighted by Gasteiger charge is -2.09. The van der Waals surface area contributed by atoms with Crippen molar-refractivity contribution in [2.24, 2.45) is 16.8 Å². The molecule has 1 aromatic carbocycles.